The van der Waals surface area contributed by atoms with E-state index in [-0.39, 0.29) is 35.4 Å². The van der Waals surface area contributed by atoms with Crippen LogP contribution >= 0.6 is 0 Å². The highest BCUT2D eigenvalue weighted by molar-refractivity contribution is 7.92. The Balaban J connectivity index is 1.50. The van der Waals surface area contributed by atoms with Crippen LogP contribution in [-0.4, -0.2) is 47.2 Å². The second kappa shape index (κ2) is 11.6. The zero-order valence-corrected chi connectivity index (χ0v) is 25.7. The Kier molecular flexibility index (Phi) is 8.59. The summed E-state index contributed by atoms with van der Waals surface area (Å²) < 4.78 is 46.0. The number of benzene rings is 3. The van der Waals surface area contributed by atoms with Gasteiger partial charge in [0, 0.05) is 0 Å². The molecule has 220 valence electrons. The van der Waals surface area contributed by atoms with Crippen LogP contribution in [0, 0.1) is 0 Å². The molecule has 0 spiro atoms. The van der Waals surface area contributed by atoms with E-state index in [9.17, 15) is 13.2 Å². The number of nitrogens with one attached hydrogen (secondary N) is 1. The van der Waals surface area contributed by atoms with Crippen molar-refractivity contribution >= 4 is 21.6 Å². The van der Waals surface area contributed by atoms with Gasteiger partial charge in [0.2, 0.25) is 0 Å². The lowest BCUT2D eigenvalue weighted by Crippen LogP contribution is -2.51. The number of anilines is 1. The van der Waals surface area contributed by atoms with E-state index in [0.29, 0.717) is 22.9 Å². The molecule has 0 bridgehead atoms. The summed E-state index contributed by atoms with van der Waals surface area (Å²) in [5, 5.41) is 2.82. The average molecular weight is 581 g/mol. The van der Waals surface area contributed by atoms with Crippen molar-refractivity contribution in [2.75, 3.05) is 31.1 Å². The molecular formula is C32H40N2O6S. The van der Waals surface area contributed by atoms with Crippen LogP contribution in [0.1, 0.15) is 52.7 Å². The van der Waals surface area contributed by atoms with Crippen LogP contribution < -0.4 is 23.8 Å². The third kappa shape index (κ3) is 6.96. The normalized spacial score (nSPS) is 15.5. The van der Waals surface area contributed by atoms with Gasteiger partial charge in [0.25, 0.3) is 15.9 Å². The molecule has 41 heavy (non-hydrogen) atoms. The van der Waals surface area contributed by atoms with Gasteiger partial charge < -0.3 is 19.5 Å². The molecule has 0 saturated carbocycles. The van der Waals surface area contributed by atoms with Gasteiger partial charge in [-0.25, -0.2) is 8.42 Å². The molecule has 1 amide bonds. The molecule has 0 aliphatic carbocycles. The van der Waals surface area contributed by atoms with Gasteiger partial charge in [-0.1, -0.05) is 59.7 Å². The Morgan fingerprint density at radius 3 is 2.07 bits per heavy atom. The van der Waals surface area contributed by atoms with Crippen molar-refractivity contribution in [3.8, 4) is 17.2 Å². The maximum atomic E-state index is 13.9. The van der Waals surface area contributed by atoms with Gasteiger partial charge in [0.15, 0.2) is 6.10 Å². The lowest BCUT2D eigenvalue weighted by molar-refractivity contribution is -0.127. The molecule has 1 aliphatic rings. The van der Waals surface area contributed by atoms with Crippen LogP contribution in [0.25, 0.3) is 0 Å². The zero-order valence-electron chi connectivity index (χ0n) is 24.9. The standard InChI is InChI=1S/C32H40N2O6S/c1-31(2,3)22-8-11-25(12-9-22)39-19-18-33-30(35)29-21-34(41(36,37)26-15-13-24(38-7)14-16-26)27-20-23(32(4,5)6)10-17-28(27)40-29/h8-17,20,29H,18-19,21H2,1-7H3,(H,33,35)/t29-/m1/s1. The molecule has 0 fully saturated rings. The third-order valence-electron chi connectivity index (χ3n) is 7.02. The summed E-state index contributed by atoms with van der Waals surface area (Å²) in [6.45, 7) is 12.9. The van der Waals surface area contributed by atoms with E-state index in [1.54, 1.807) is 18.2 Å². The van der Waals surface area contributed by atoms with Crippen LogP contribution in [0.3, 0.4) is 0 Å². The number of methoxy groups -OCH3 is 1. The minimum absolute atomic E-state index is 0.0498. The van der Waals surface area contributed by atoms with Gasteiger partial charge in [0.1, 0.15) is 23.9 Å². The molecule has 1 aliphatic heterocycles. The first-order valence-electron chi connectivity index (χ1n) is 13.7. The van der Waals surface area contributed by atoms with Gasteiger partial charge in [-0.15, -0.1) is 0 Å². The molecule has 0 saturated heterocycles. The lowest BCUT2D eigenvalue weighted by atomic mass is 9.86. The van der Waals surface area contributed by atoms with Crippen molar-refractivity contribution < 1.29 is 27.4 Å². The Morgan fingerprint density at radius 2 is 1.49 bits per heavy atom. The number of fused-ring (bicyclic) bond motifs is 1. The molecule has 1 atom stereocenters. The summed E-state index contributed by atoms with van der Waals surface area (Å²) in [6, 6.07) is 19.5. The first-order valence-corrected chi connectivity index (χ1v) is 15.1. The van der Waals surface area contributed by atoms with Gasteiger partial charge in [-0.05, 0) is 70.5 Å². The zero-order chi connectivity index (χ0) is 30.0. The number of hydrogen-bond donors (Lipinski definition) is 1. The summed E-state index contributed by atoms with van der Waals surface area (Å²) in [7, 11) is -2.49. The van der Waals surface area contributed by atoms with Crippen molar-refractivity contribution in [3.63, 3.8) is 0 Å². The van der Waals surface area contributed by atoms with E-state index < -0.39 is 22.0 Å². The number of hydrogen-bond acceptors (Lipinski definition) is 6. The van der Waals surface area contributed by atoms with Crippen molar-refractivity contribution in [2.45, 2.75) is 63.4 Å². The molecule has 4 rings (SSSR count). The summed E-state index contributed by atoms with van der Waals surface area (Å²) >= 11 is 0. The molecule has 8 nitrogen and oxygen atoms in total. The van der Waals surface area contributed by atoms with Crippen LogP contribution in [-0.2, 0) is 25.6 Å². The fraction of sp³-hybridized carbons (Fsp3) is 0.406. The fourth-order valence-electron chi connectivity index (χ4n) is 4.47. The lowest BCUT2D eigenvalue weighted by Gasteiger charge is -2.36. The maximum absolute atomic E-state index is 13.9. The Labute approximate surface area is 243 Å². The maximum Gasteiger partial charge on any atom is 0.264 e. The predicted molar refractivity (Wildman–Crippen MR) is 161 cm³/mol. The highest BCUT2D eigenvalue weighted by Gasteiger charge is 2.38. The molecule has 9 heteroatoms. The number of sulfonamides is 1. The number of nitrogens with zero attached hydrogens (tertiary/aromatic N) is 1. The Hall–Kier alpha value is -3.72. The van der Waals surface area contributed by atoms with E-state index >= 15 is 0 Å². The number of ether oxygens (including phenoxy) is 3. The molecular weight excluding hydrogens is 540 g/mol. The summed E-state index contributed by atoms with van der Waals surface area (Å²) in [5.74, 6) is 1.17. The summed E-state index contributed by atoms with van der Waals surface area (Å²) in [6.07, 6.45) is -1.04. The first-order chi connectivity index (χ1) is 19.2. The number of carbonyl (C=O) groups is 1. The topological polar surface area (TPSA) is 94.2 Å². The predicted octanol–water partition coefficient (Wildman–Crippen LogP) is 5.44. The third-order valence-corrected chi connectivity index (χ3v) is 8.82. The molecule has 0 aromatic heterocycles. The molecule has 3 aromatic rings. The smallest absolute Gasteiger partial charge is 0.264 e. The number of rotatable bonds is 8. The van der Waals surface area contributed by atoms with Gasteiger partial charge in [0.05, 0.1) is 30.8 Å². The second-order valence-corrected chi connectivity index (χ2v) is 14.0. The molecule has 1 N–H and O–H groups in total. The van der Waals surface area contributed by atoms with Crippen molar-refractivity contribution in [1.29, 1.82) is 0 Å². The molecule has 0 unspecified atom stereocenters. The second-order valence-electron chi connectivity index (χ2n) is 12.2. The quantitative estimate of drug-likeness (QED) is 0.357. The van der Waals surface area contributed by atoms with Crippen LogP contribution in [0.5, 0.6) is 17.2 Å². The van der Waals surface area contributed by atoms with Crippen LogP contribution in [0.15, 0.2) is 71.6 Å². The largest absolute Gasteiger partial charge is 0.497 e. The van der Waals surface area contributed by atoms with Crippen LogP contribution in [0.4, 0.5) is 5.69 Å². The van der Waals surface area contributed by atoms with E-state index in [1.165, 1.54) is 29.1 Å². The van der Waals surface area contributed by atoms with Crippen molar-refractivity contribution in [3.05, 3.63) is 77.9 Å². The van der Waals surface area contributed by atoms with E-state index in [1.807, 2.05) is 36.4 Å². The fourth-order valence-corrected chi connectivity index (χ4v) is 5.93. The Morgan fingerprint density at radius 1 is 0.902 bits per heavy atom. The highest BCUT2D eigenvalue weighted by atomic mass is 32.2. The van der Waals surface area contributed by atoms with E-state index in [2.05, 4.69) is 46.9 Å². The number of carbonyl (C=O) groups excluding carboxylic acids is 1. The van der Waals surface area contributed by atoms with E-state index in [4.69, 9.17) is 14.2 Å². The number of amides is 1. The molecule has 0 radical (unpaired) electrons. The first kappa shape index (κ1) is 30.2. The highest BCUT2D eigenvalue weighted by Crippen LogP contribution is 2.40. The molecule has 3 aromatic carbocycles. The monoisotopic (exact) mass is 580 g/mol. The average Bonchev–Trinajstić information content (AvgIpc) is 2.93. The van der Waals surface area contributed by atoms with Gasteiger partial charge in [-0.3, -0.25) is 9.10 Å². The van der Waals surface area contributed by atoms with E-state index in [0.717, 1.165) is 5.56 Å². The SMILES string of the molecule is COc1ccc(S(=O)(=O)N2C[C@H](C(=O)NCCOc3ccc(C(C)(C)C)cc3)Oc3ccc(C(C)(C)C)cc32)cc1. The Bertz CT molecular complexity index is 1470. The van der Waals surface area contributed by atoms with Gasteiger partial charge >= 0.3 is 0 Å². The van der Waals surface area contributed by atoms with Crippen LogP contribution in [0.2, 0.25) is 0 Å². The minimum atomic E-state index is -4.01. The van der Waals surface area contributed by atoms with Crippen molar-refractivity contribution in [1.82, 2.24) is 5.32 Å². The minimum Gasteiger partial charge on any atom is -0.497 e. The van der Waals surface area contributed by atoms with Crippen molar-refractivity contribution in [2.24, 2.45) is 0 Å². The molecule has 1 heterocycles. The summed E-state index contributed by atoms with van der Waals surface area (Å²) in [5.41, 5.74) is 2.39. The summed E-state index contributed by atoms with van der Waals surface area (Å²) in [4.78, 5) is 13.3. The van der Waals surface area contributed by atoms with Gasteiger partial charge in [-0.2, -0.15) is 0 Å².